The van der Waals surface area contributed by atoms with E-state index in [1.54, 1.807) is 17.0 Å². The number of rotatable bonds is 1. The number of carbonyl (C=O) groups excluding carboxylic acids is 1. The third-order valence-corrected chi connectivity index (χ3v) is 4.43. The molecular formula is C17H15BrFNO. The van der Waals surface area contributed by atoms with E-state index >= 15 is 0 Å². The summed E-state index contributed by atoms with van der Waals surface area (Å²) in [5, 5.41) is 0. The topological polar surface area (TPSA) is 20.3 Å². The fourth-order valence-electron chi connectivity index (χ4n) is 2.83. The number of benzene rings is 2. The lowest BCUT2D eigenvalue weighted by Gasteiger charge is -2.33. The van der Waals surface area contributed by atoms with E-state index in [1.165, 1.54) is 6.07 Å². The van der Waals surface area contributed by atoms with E-state index in [9.17, 15) is 9.18 Å². The Bertz CT molecular complexity index is 681. The predicted molar refractivity (Wildman–Crippen MR) is 85.1 cm³/mol. The van der Waals surface area contributed by atoms with Gasteiger partial charge in [0.05, 0.1) is 5.56 Å². The number of halogens is 2. The van der Waals surface area contributed by atoms with Gasteiger partial charge in [0, 0.05) is 16.7 Å². The first-order chi connectivity index (χ1) is 10.1. The van der Waals surface area contributed by atoms with E-state index in [1.807, 2.05) is 24.3 Å². The zero-order valence-electron chi connectivity index (χ0n) is 11.6. The van der Waals surface area contributed by atoms with Crippen LogP contribution in [0.3, 0.4) is 0 Å². The number of para-hydroxylation sites is 1. The molecule has 108 valence electrons. The van der Waals surface area contributed by atoms with Crippen LogP contribution < -0.4 is 4.90 Å². The fourth-order valence-corrected chi connectivity index (χ4v) is 3.34. The van der Waals surface area contributed by atoms with Crippen molar-refractivity contribution in [3.8, 4) is 0 Å². The molecule has 0 saturated heterocycles. The molecule has 0 fully saturated rings. The SMILES string of the molecule is CC1Cc2ccccc2N(C(=O)c2c(F)cccc2Br)C1. The van der Waals surface area contributed by atoms with Crippen molar-refractivity contribution in [1.82, 2.24) is 0 Å². The van der Waals surface area contributed by atoms with Crippen molar-refractivity contribution in [1.29, 1.82) is 0 Å². The summed E-state index contributed by atoms with van der Waals surface area (Å²) in [5.41, 5.74) is 2.12. The summed E-state index contributed by atoms with van der Waals surface area (Å²) >= 11 is 3.28. The minimum atomic E-state index is -0.495. The molecule has 2 aromatic carbocycles. The van der Waals surface area contributed by atoms with Crippen LogP contribution in [0.4, 0.5) is 10.1 Å². The third-order valence-electron chi connectivity index (χ3n) is 3.77. The molecule has 0 N–H and O–H groups in total. The molecule has 1 aliphatic rings. The monoisotopic (exact) mass is 347 g/mol. The molecule has 0 aliphatic carbocycles. The molecule has 0 bridgehead atoms. The molecule has 2 nitrogen and oxygen atoms in total. The van der Waals surface area contributed by atoms with Crippen LogP contribution in [0.2, 0.25) is 0 Å². The standard InChI is InChI=1S/C17H15BrFNO/c1-11-9-12-5-2-3-8-15(12)20(10-11)17(21)16-13(18)6-4-7-14(16)19/h2-8,11H,9-10H2,1H3. The molecule has 1 heterocycles. The van der Waals surface area contributed by atoms with E-state index in [4.69, 9.17) is 0 Å². The second-order valence-electron chi connectivity index (χ2n) is 5.45. The van der Waals surface area contributed by atoms with Crippen LogP contribution in [0.1, 0.15) is 22.8 Å². The number of carbonyl (C=O) groups is 1. The van der Waals surface area contributed by atoms with Crippen LogP contribution in [0, 0.1) is 11.7 Å². The molecule has 1 amide bonds. The lowest BCUT2D eigenvalue weighted by Crippen LogP contribution is -2.39. The summed E-state index contributed by atoms with van der Waals surface area (Å²) in [4.78, 5) is 14.5. The van der Waals surface area contributed by atoms with Crippen molar-refractivity contribution in [2.45, 2.75) is 13.3 Å². The zero-order valence-corrected chi connectivity index (χ0v) is 13.2. The zero-order chi connectivity index (χ0) is 15.0. The molecule has 2 aromatic rings. The Hall–Kier alpha value is -1.68. The first-order valence-electron chi connectivity index (χ1n) is 6.91. The van der Waals surface area contributed by atoms with Gasteiger partial charge in [-0.05, 0) is 52.0 Å². The molecular weight excluding hydrogens is 333 g/mol. The van der Waals surface area contributed by atoms with E-state index < -0.39 is 5.82 Å². The van der Waals surface area contributed by atoms with E-state index in [0.717, 1.165) is 17.7 Å². The maximum atomic E-state index is 14.1. The van der Waals surface area contributed by atoms with Gasteiger partial charge in [-0.15, -0.1) is 0 Å². The maximum absolute atomic E-state index is 14.1. The lowest BCUT2D eigenvalue weighted by atomic mass is 9.93. The Morgan fingerprint density at radius 3 is 2.76 bits per heavy atom. The van der Waals surface area contributed by atoms with E-state index in [0.29, 0.717) is 16.9 Å². The molecule has 0 spiro atoms. The van der Waals surface area contributed by atoms with Gasteiger partial charge < -0.3 is 4.90 Å². The van der Waals surface area contributed by atoms with Gasteiger partial charge in [0.2, 0.25) is 0 Å². The average molecular weight is 348 g/mol. The van der Waals surface area contributed by atoms with Crippen LogP contribution in [-0.2, 0) is 6.42 Å². The largest absolute Gasteiger partial charge is 0.308 e. The van der Waals surface area contributed by atoms with Gasteiger partial charge in [-0.3, -0.25) is 4.79 Å². The molecule has 1 unspecified atom stereocenters. The average Bonchev–Trinajstić information content (AvgIpc) is 2.46. The van der Waals surface area contributed by atoms with Crippen LogP contribution in [0.25, 0.3) is 0 Å². The van der Waals surface area contributed by atoms with Gasteiger partial charge in [0.25, 0.3) is 5.91 Å². The van der Waals surface area contributed by atoms with Crippen molar-refractivity contribution in [2.75, 3.05) is 11.4 Å². The Kier molecular flexibility index (Phi) is 3.81. The van der Waals surface area contributed by atoms with Crippen LogP contribution in [0.15, 0.2) is 46.9 Å². The van der Waals surface area contributed by atoms with Crippen LogP contribution >= 0.6 is 15.9 Å². The molecule has 1 aliphatic heterocycles. The van der Waals surface area contributed by atoms with Gasteiger partial charge in [-0.25, -0.2) is 4.39 Å². The van der Waals surface area contributed by atoms with Crippen molar-refractivity contribution in [2.24, 2.45) is 5.92 Å². The number of fused-ring (bicyclic) bond motifs is 1. The van der Waals surface area contributed by atoms with Gasteiger partial charge in [0.15, 0.2) is 0 Å². The second-order valence-corrected chi connectivity index (χ2v) is 6.30. The second kappa shape index (κ2) is 5.60. The molecule has 4 heteroatoms. The Labute approximate surface area is 131 Å². The van der Waals surface area contributed by atoms with Crippen molar-refractivity contribution in [3.63, 3.8) is 0 Å². The quantitative estimate of drug-likeness (QED) is 0.747. The normalized spacial score (nSPS) is 17.5. The minimum absolute atomic E-state index is 0.0985. The van der Waals surface area contributed by atoms with E-state index in [2.05, 4.69) is 22.9 Å². The highest BCUT2D eigenvalue weighted by molar-refractivity contribution is 9.10. The number of anilines is 1. The Morgan fingerprint density at radius 1 is 1.24 bits per heavy atom. The van der Waals surface area contributed by atoms with Crippen molar-refractivity contribution < 1.29 is 9.18 Å². The highest BCUT2D eigenvalue weighted by atomic mass is 79.9. The Morgan fingerprint density at radius 2 is 2.00 bits per heavy atom. The first-order valence-corrected chi connectivity index (χ1v) is 7.71. The number of hydrogen-bond donors (Lipinski definition) is 0. The highest BCUT2D eigenvalue weighted by Crippen LogP contribution is 2.32. The molecule has 0 saturated carbocycles. The maximum Gasteiger partial charge on any atom is 0.262 e. The van der Waals surface area contributed by atoms with Crippen molar-refractivity contribution in [3.05, 3.63) is 63.9 Å². The number of nitrogens with zero attached hydrogens (tertiary/aromatic N) is 1. The molecule has 21 heavy (non-hydrogen) atoms. The van der Waals surface area contributed by atoms with Gasteiger partial charge >= 0.3 is 0 Å². The first kappa shape index (κ1) is 14.3. The summed E-state index contributed by atoms with van der Waals surface area (Å²) < 4.78 is 14.5. The predicted octanol–water partition coefficient (Wildman–Crippen LogP) is 4.43. The number of amides is 1. The third kappa shape index (κ3) is 2.60. The summed E-state index contributed by atoms with van der Waals surface area (Å²) in [5.74, 6) is -0.432. The van der Waals surface area contributed by atoms with Crippen molar-refractivity contribution >= 4 is 27.5 Å². The van der Waals surface area contributed by atoms with E-state index in [-0.39, 0.29) is 11.5 Å². The van der Waals surface area contributed by atoms with Crippen LogP contribution in [-0.4, -0.2) is 12.5 Å². The summed E-state index contributed by atoms with van der Waals surface area (Å²) in [6.45, 7) is 2.71. The summed E-state index contributed by atoms with van der Waals surface area (Å²) in [7, 11) is 0. The molecule has 3 rings (SSSR count). The summed E-state index contributed by atoms with van der Waals surface area (Å²) in [6, 6.07) is 12.4. The van der Waals surface area contributed by atoms with Crippen LogP contribution in [0.5, 0.6) is 0 Å². The van der Waals surface area contributed by atoms with Gasteiger partial charge in [0.1, 0.15) is 5.82 Å². The molecule has 1 atom stereocenters. The summed E-state index contributed by atoms with van der Waals surface area (Å²) in [6.07, 6.45) is 0.943. The fraction of sp³-hybridized carbons (Fsp3) is 0.235. The highest BCUT2D eigenvalue weighted by Gasteiger charge is 2.29. The smallest absolute Gasteiger partial charge is 0.262 e. The lowest BCUT2D eigenvalue weighted by molar-refractivity contribution is 0.0976. The molecule has 0 radical (unpaired) electrons. The van der Waals surface area contributed by atoms with Gasteiger partial charge in [-0.2, -0.15) is 0 Å². The Balaban J connectivity index is 2.06. The minimum Gasteiger partial charge on any atom is -0.308 e. The number of hydrogen-bond acceptors (Lipinski definition) is 1. The van der Waals surface area contributed by atoms with Gasteiger partial charge in [-0.1, -0.05) is 31.2 Å². The molecule has 0 aromatic heterocycles.